The Hall–Kier alpha value is -1.52. The zero-order chi connectivity index (χ0) is 14.0. The largest absolute Gasteiger partial charge is 0.507 e. The van der Waals surface area contributed by atoms with Gasteiger partial charge in [-0.3, -0.25) is 4.79 Å². The normalized spacial score (nSPS) is 10.5. The van der Waals surface area contributed by atoms with Crippen LogP contribution in [0, 0.1) is 6.92 Å². The van der Waals surface area contributed by atoms with Gasteiger partial charge in [-0.25, -0.2) is 0 Å². The van der Waals surface area contributed by atoms with Crippen molar-refractivity contribution in [3.05, 3.63) is 50.7 Å². The molecule has 0 aliphatic rings. The highest BCUT2D eigenvalue weighted by atomic mass is 35.5. The van der Waals surface area contributed by atoms with E-state index in [2.05, 4.69) is 0 Å². The molecular formula is C14H14ClNO2S. The van der Waals surface area contributed by atoms with Crippen LogP contribution in [-0.4, -0.2) is 23.0 Å². The van der Waals surface area contributed by atoms with Gasteiger partial charge in [-0.05, 0) is 36.8 Å². The summed E-state index contributed by atoms with van der Waals surface area (Å²) in [5.41, 5.74) is 1.23. The second-order valence-electron chi connectivity index (χ2n) is 4.39. The van der Waals surface area contributed by atoms with Gasteiger partial charge in [0, 0.05) is 11.9 Å². The van der Waals surface area contributed by atoms with Crippen LogP contribution in [0.3, 0.4) is 0 Å². The Balaban J connectivity index is 2.14. The number of aryl methyl sites for hydroxylation is 1. The van der Waals surface area contributed by atoms with E-state index in [1.165, 1.54) is 11.3 Å². The summed E-state index contributed by atoms with van der Waals surface area (Å²) in [7, 11) is 1.70. The Morgan fingerprint density at radius 2 is 2.11 bits per heavy atom. The van der Waals surface area contributed by atoms with E-state index in [0.717, 1.165) is 10.4 Å². The standard InChI is InChI=1S/C14H14ClNO2S/c1-9-3-5-11(12(17)7-9)14(18)16(2)8-10-4-6-13(15)19-10/h3-7,17H,8H2,1-2H3. The molecule has 0 saturated carbocycles. The lowest BCUT2D eigenvalue weighted by molar-refractivity contribution is 0.0783. The lowest BCUT2D eigenvalue weighted by Gasteiger charge is -2.17. The first kappa shape index (κ1) is 13.9. The van der Waals surface area contributed by atoms with E-state index >= 15 is 0 Å². The van der Waals surface area contributed by atoms with E-state index in [-0.39, 0.29) is 11.7 Å². The van der Waals surface area contributed by atoms with Gasteiger partial charge in [0.1, 0.15) is 5.75 Å². The number of hydrogen-bond donors (Lipinski definition) is 1. The minimum Gasteiger partial charge on any atom is -0.507 e. The minimum absolute atomic E-state index is 0.0149. The Morgan fingerprint density at radius 1 is 1.37 bits per heavy atom. The van der Waals surface area contributed by atoms with E-state index in [0.29, 0.717) is 16.4 Å². The number of thiophene rings is 1. The summed E-state index contributed by atoms with van der Waals surface area (Å²) < 4.78 is 0.703. The smallest absolute Gasteiger partial charge is 0.257 e. The molecule has 1 heterocycles. The van der Waals surface area contributed by atoms with Crippen molar-refractivity contribution in [2.75, 3.05) is 7.05 Å². The molecule has 0 spiro atoms. The fourth-order valence-electron chi connectivity index (χ4n) is 1.77. The number of hydrogen-bond acceptors (Lipinski definition) is 3. The van der Waals surface area contributed by atoms with Crippen molar-refractivity contribution in [3.8, 4) is 5.75 Å². The predicted octanol–water partition coefficient (Wildman–Crippen LogP) is 3.69. The van der Waals surface area contributed by atoms with Gasteiger partial charge in [0.15, 0.2) is 0 Å². The third kappa shape index (κ3) is 3.28. The van der Waals surface area contributed by atoms with Gasteiger partial charge in [0.2, 0.25) is 0 Å². The molecule has 100 valence electrons. The topological polar surface area (TPSA) is 40.5 Å². The third-order valence-electron chi connectivity index (χ3n) is 2.75. The van der Waals surface area contributed by atoms with E-state index in [1.54, 1.807) is 24.1 Å². The first-order chi connectivity index (χ1) is 8.97. The molecule has 0 fully saturated rings. The number of rotatable bonds is 3. The number of aromatic hydroxyl groups is 1. The van der Waals surface area contributed by atoms with Gasteiger partial charge in [-0.15, -0.1) is 11.3 Å². The fourth-order valence-corrected chi connectivity index (χ4v) is 2.91. The van der Waals surface area contributed by atoms with Crippen molar-refractivity contribution in [2.45, 2.75) is 13.5 Å². The highest BCUT2D eigenvalue weighted by Gasteiger charge is 2.16. The maximum absolute atomic E-state index is 12.2. The SMILES string of the molecule is Cc1ccc(C(=O)N(C)Cc2ccc(Cl)s2)c(O)c1. The van der Waals surface area contributed by atoms with Crippen LogP contribution in [0.1, 0.15) is 20.8 Å². The van der Waals surface area contributed by atoms with Crippen LogP contribution in [0.15, 0.2) is 30.3 Å². The van der Waals surface area contributed by atoms with Crippen molar-refractivity contribution >= 4 is 28.8 Å². The molecule has 1 aromatic carbocycles. The Morgan fingerprint density at radius 3 is 2.68 bits per heavy atom. The number of carbonyl (C=O) groups excluding carboxylic acids is 1. The summed E-state index contributed by atoms with van der Waals surface area (Å²) in [5.74, 6) is -0.192. The molecule has 0 aliphatic heterocycles. The molecule has 0 aliphatic carbocycles. The molecule has 1 N–H and O–H groups in total. The maximum atomic E-state index is 12.2. The first-order valence-electron chi connectivity index (χ1n) is 5.76. The highest BCUT2D eigenvalue weighted by Crippen LogP contribution is 2.24. The zero-order valence-corrected chi connectivity index (χ0v) is 12.3. The summed E-state index contributed by atoms with van der Waals surface area (Å²) >= 11 is 7.30. The molecule has 0 radical (unpaired) electrons. The van der Waals surface area contributed by atoms with E-state index < -0.39 is 0 Å². The van der Waals surface area contributed by atoms with E-state index in [1.807, 2.05) is 25.1 Å². The maximum Gasteiger partial charge on any atom is 0.257 e. The Bertz CT molecular complexity index is 609. The van der Waals surface area contributed by atoms with Crippen molar-refractivity contribution in [3.63, 3.8) is 0 Å². The van der Waals surface area contributed by atoms with E-state index in [4.69, 9.17) is 11.6 Å². The second-order valence-corrected chi connectivity index (χ2v) is 6.19. The van der Waals surface area contributed by atoms with Gasteiger partial charge in [0.25, 0.3) is 5.91 Å². The average molecular weight is 296 g/mol. The lowest BCUT2D eigenvalue weighted by atomic mass is 10.1. The molecule has 2 aromatic rings. The van der Waals surface area contributed by atoms with Crippen molar-refractivity contribution in [2.24, 2.45) is 0 Å². The van der Waals surface area contributed by atoms with E-state index in [9.17, 15) is 9.90 Å². The van der Waals surface area contributed by atoms with Crippen molar-refractivity contribution < 1.29 is 9.90 Å². The third-order valence-corrected chi connectivity index (χ3v) is 3.97. The number of halogens is 1. The fraction of sp³-hybridized carbons (Fsp3) is 0.214. The summed E-state index contributed by atoms with van der Waals surface area (Å²) in [5, 5.41) is 9.81. The van der Waals surface area contributed by atoms with Crippen LogP contribution in [0.5, 0.6) is 5.75 Å². The Labute approximate surface area is 121 Å². The molecule has 3 nitrogen and oxygen atoms in total. The highest BCUT2D eigenvalue weighted by molar-refractivity contribution is 7.16. The molecule has 1 aromatic heterocycles. The minimum atomic E-state index is -0.206. The molecule has 0 saturated heterocycles. The van der Waals surface area contributed by atoms with Crippen LogP contribution < -0.4 is 0 Å². The molecule has 5 heteroatoms. The zero-order valence-electron chi connectivity index (χ0n) is 10.7. The predicted molar refractivity (Wildman–Crippen MR) is 78.0 cm³/mol. The number of phenolic OH excluding ortho intramolecular Hbond substituents is 1. The summed E-state index contributed by atoms with van der Waals surface area (Å²) in [6.07, 6.45) is 0. The summed E-state index contributed by atoms with van der Waals surface area (Å²) in [6.45, 7) is 2.34. The number of amides is 1. The lowest BCUT2D eigenvalue weighted by Crippen LogP contribution is -2.25. The van der Waals surface area contributed by atoms with Crippen LogP contribution >= 0.6 is 22.9 Å². The average Bonchev–Trinajstić information content (AvgIpc) is 2.74. The van der Waals surface area contributed by atoms with Gasteiger partial charge >= 0.3 is 0 Å². The molecule has 1 amide bonds. The summed E-state index contributed by atoms with van der Waals surface area (Å²) in [6, 6.07) is 8.74. The molecule has 0 unspecified atom stereocenters. The quantitative estimate of drug-likeness (QED) is 0.938. The van der Waals surface area contributed by atoms with Gasteiger partial charge in [0.05, 0.1) is 16.4 Å². The molecule has 2 rings (SSSR count). The molecular weight excluding hydrogens is 282 g/mol. The first-order valence-corrected chi connectivity index (χ1v) is 6.96. The van der Waals surface area contributed by atoms with Gasteiger partial charge in [-0.1, -0.05) is 17.7 Å². The Kier molecular flexibility index (Phi) is 4.12. The van der Waals surface area contributed by atoms with Crippen LogP contribution in [0.25, 0.3) is 0 Å². The summed E-state index contributed by atoms with van der Waals surface area (Å²) in [4.78, 5) is 14.8. The number of carbonyl (C=O) groups is 1. The van der Waals surface area contributed by atoms with Crippen LogP contribution in [0.2, 0.25) is 4.34 Å². The number of phenols is 1. The van der Waals surface area contributed by atoms with Crippen LogP contribution in [-0.2, 0) is 6.54 Å². The molecule has 19 heavy (non-hydrogen) atoms. The van der Waals surface area contributed by atoms with Crippen molar-refractivity contribution in [1.82, 2.24) is 4.90 Å². The second kappa shape index (κ2) is 5.63. The van der Waals surface area contributed by atoms with Gasteiger partial charge < -0.3 is 10.0 Å². The number of benzene rings is 1. The van der Waals surface area contributed by atoms with Crippen LogP contribution in [0.4, 0.5) is 0 Å². The molecule has 0 bridgehead atoms. The monoisotopic (exact) mass is 295 g/mol. The molecule has 0 atom stereocenters. The van der Waals surface area contributed by atoms with Gasteiger partial charge in [-0.2, -0.15) is 0 Å². The van der Waals surface area contributed by atoms with Crippen molar-refractivity contribution in [1.29, 1.82) is 0 Å². The number of nitrogens with zero attached hydrogens (tertiary/aromatic N) is 1.